The molecule has 2 rings (SSSR count). The molecule has 1 fully saturated rings. The van der Waals surface area contributed by atoms with Crippen LogP contribution in [0.2, 0.25) is 0 Å². The van der Waals surface area contributed by atoms with Gasteiger partial charge in [0.2, 0.25) is 0 Å². The molecule has 0 radical (unpaired) electrons. The normalized spacial score (nSPS) is 25.4. The molecule has 0 aromatic heterocycles. The van der Waals surface area contributed by atoms with Crippen LogP contribution in [0.25, 0.3) is 0 Å². The maximum Gasteiger partial charge on any atom is 0.150 e. The van der Waals surface area contributed by atoms with E-state index >= 15 is 0 Å². The summed E-state index contributed by atoms with van der Waals surface area (Å²) in [7, 11) is -2.95. The number of aryl methyl sites for hydroxylation is 2. The minimum absolute atomic E-state index is 0.0549. The SMILES string of the molecule is Cc1cccc(C)c1C(N)C1CCCC(S(C)(=O)=O)C1. The van der Waals surface area contributed by atoms with E-state index in [0.29, 0.717) is 6.42 Å². The Kier molecular flexibility index (Phi) is 4.55. The first-order valence-corrected chi connectivity index (χ1v) is 9.26. The van der Waals surface area contributed by atoms with Crippen LogP contribution in [0.4, 0.5) is 0 Å². The summed E-state index contributed by atoms with van der Waals surface area (Å²) in [4.78, 5) is 0. The molecule has 0 spiro atoms. The molecular weight excluding hydrogens is 270 g/mol. The highest BCUT2D eigenvalue weighted by Gasteiger charge is 2.33. The summed E-state index contributed by atoms with van der Waals surface area (Å²) in [6.07, 6.45) is 4.83. The molecule has 20 heavy (non-hydrogen) atoms. The van der Waals surface area contributed by atoms with Crippen molar-refractivity contribution in [1.82, 2.24) is 0 Å². The predicted octanol–water partition coefficient (Wildman–Crippen LogP) is 2.91. The Bertz CT molecular complexity index is 560. The molecule has 1 aromatic carbocycles. The third kappa shape index (κ3) is 3.23. The summed E-state index contributed by atoms with van der Waals surface area (Å²) in [5.74, 6) is 0.267. The van der Waals surface area contributed by atoms with Crippen LogP contribution in [0.1, 0.15) is 48.4 Å². The standard InChI is InChI=1S/C16H25NO2S/c1-11-6-4-7-12(2)15(11)16(17)13-8-5-9-14(10-13)20(3,18)19/h4,6-7,13-14,16H,5,8-10,17H2,1-3H3. The monoisotopic (exact) mass is 295 g/mol. The number of rotatable bonds is 3. The van der Waals surface area contributed by atoms with E-state index in [1.165, 1.54) is 22.9 Å². The lowest BCUT2D eigenvalue weighted by molar-refractivity contribution is 0.308. The van der Waals surface area contributed by atoms with E-state index in [4.69, 9.17) is 5.73 Å². The average Bonchev–Trinajstić information content (AvgIpc) is 2.37. The zero-order valence-electron chi connectivity index (χ0n) is 12.6. The van der Waals surface area contributed by atoms with Crippen molar-refractivity contribution in [3.05, 3.63) is 34.9 Å². The van der Waals surface area contributed by atoms with Crippen molar-refractivity contribution in [3.8, 4) is 0 Å². The van der Waals surface area contributed by atoms with Crippen molar-refractivity contribution in [3.63, 3.8) is 0 Å². The number of sulfone groups is 1. The molecule has 2 N–H and O–H groups in total. The highest BCUT2D eigenvalue weighted by molar-refractivity contribution is 7.91. The Balaban J connectivity index is 2.23. The van der Waals surface area contributed by atoms with Crippen molar-refractivity contribution >= 4 is 9.84 Å². The molecule has 3 unspecified atom stereocenters. The van der Waals surface area contributed by atoms with Crippen molar-refractivity contribution in [2.24, 2.45) is 11.7 Å². The molecule has 0 amide bonds. The summed E-state index contributed by atoms with van der Waals surface area (Å²) in [6, 6.07) is 6.15. The quantitative estimate of drug-likeness (QED) is 0.932. The van der Waals surface area contributed by atoms with E-state index in [-0.39, 0.29) is 17.2 Å². The van der Waals surface area contributed by atoms with E-state index in [9.17, 15) is 8.42 Å². The highest BCUT2D eigenvalue weighted by atomic mass is 32.2. The molecule has 0 heterocycles. The molecule has 1 aliphatic rings. The summed E-state index contributed by atoms with van der Waals surface area (Å²) in [5.41, 5.74) is 10.1. The molecule has 0 saturated heterocycles. The Morgan fingerprint density at radius 2 is 1.80 bits per heavy atom. The second kappa shape index (κ2) is 5.86. The second-order valence-electron chi connectivity index (χ2n) is 6.21. The van der Waals surface area contributed by atoms with Gasteiger partial charge in [-0.1, -0.05) is 24.6 Å². The van der Waals surface area contributed by atoms with Crippen LogP contribution in [0, 0.1) is 19.8 Å². The van der Waals surface area contributed by atoms with Gasteiger partial charge in [-0.25, -0.2) is 8.42 Å². The van der Waals surface area contributed by atoms with Crippen molar-refractivity contribution in [2.75, 3.05) is 6.26 Å². The van der Waals surface area contributed by atoms with Crippen LogP contribution in [0.3, 0.4) is 0 Å². The van der Waals surface area contributed by atoms with E-state index < -0.39 is 9.84 Å². The zero-order valence-corrected chi connectivity index (χ0v) is 13.4. The van der Waals surface area contributed by atoms with Gasteiger partial charge in [0.05, 0.1) is 5.25 Å². The van der Waals surface area contributed by atoms with Gasteiger partial charge in [-0.2, -0.15) is 0 Å². The van der Waals surface area contributed by atoms with Gasteiger partial charge in [-0.15, -0.1) is 0 Å². The van der Waals surface area contributed by atoms with Gasteiger partial charge in [0.1, 0.15) is 9.84 Å². The zero-order chi connectivity index (χ0) is 14.9. The molecular formula is C16H25NO2S. The summed E-state index contributed by atoms with van der Waals surface area (Å²) >= 11 is 0. The first-order chi connectivity index (χ1) is 9.30. The Morgan fingerprint density at radius 1 is 1.20 bits per heavy atom. The van der Waals surface area contributed by atoms with Gasteiger partial charge in [0, 0.05) is 12.3 Å². The fourth-order valence-electron chi connectivity index (χ4n) is 3.48. The fourth-order valence-corrected chi connectivity index (χ4v) is 4.68. The van der Waals surface area contributed by atoms with Gasteiger partial charge in [0.25, 0.3) is 0 Å². The number of nitrogens with two attached hydrogens (primary N) is 1. The fraction of sp³-hybridized carbons (Fsp3) is 0.625. The topological polar surface area (TPSA) is 60.2 Å². The first-order valence-electron chi connectivity index (χ1n) is 7.31. The summed E-state index contributed by atoms with van der Waals surface area (Å²) in [5, 5.41) is -0.211. The lowest BCUT2D eigenvalue weighted by Gasteiger charge is -2.33. The minimum Gasteiger partial charge on any atom is -0.324 e. The molecule has 112 valence electrons. The van der Waals surface area contributed by atoms with Gasteiger partial charge in [-0.05, 0) is 55.7 Å². The highest BCUT2D eigenvalue weighted by Crippen LogP contribution is 2.37. The van der Waals surface area contributed by atoms with Crippen LogP contribution in [-0.4, -0.2) is 19.9 Å². The third-order valence-corrected chi connectivity index (χ3v) is 6.29. The smallest absolute Gasteiger partial charge is 0.150 e. The number of hydrogen-bond donors (Lipinski definition) is 1. The molecule has 1 saturated carbocycles. The second-order valence-corrected chi connectivity index (χ2v) is 8.54. The first kappa shape index (κ1) is 15.5. The lowest BCUT2D eigenvalue weighted by atomic mass is 9.79. The van der Waals surface area contributed by atoms with Crippen LogP contribution in [0.5, 0.6) is 0 Å². The summed E-state index contributed by atoms with van der Waals surface area (Å²) < 4.78 is 23.6. The number of hydrogen-bond acceptors (Lipinski definition) is 3. The van der Waals surface area contributed by atoms with Gasteiger partial charge >= 0.3 is 0 Å². The summed E-state index contributed by atoms with van der Waals surface area (Å²) in [6.45, 7) is 4.16. The van der Waals surface area contributed by atoms with E-state index in [2.05, 4.69) is 26.0 Å². The third-order valence-electron chi connectivity index (χ3n) is 4.66. The molecule has 3 nitrogen and oxygen atoms in total. The van der Waals surface area contributed by atoms with Crippen LogP contribution in [0.15, 0.2) is 18.2 Å². The lowest BCUT2D eigenvalue weighted by Crippen LogP contribution is -2.33. The van der Waals surface area contributed by atoms with Gasteiger partial charge in [0.15, 0.2) is 0 Å². The molecule has 0 bridgehead atoms. The molecule has 1 aliphatic carbocycles. The Hall–Kier alpha value is -0.870. The van der Waals surface area contributed by atoms with E-state index in [1.54, 1.807) is 0 Å². The van der Waals surface area contributed by atoms with E-state index in [1.807, 2.05) is 6.07 Å². The molecule has 0 aliphatic heterocycles. The van der Waals surface area contributed by atoms with Crippen molar-refractivity contribution in [2.45, 2.75) is 50.8 Å². The largest absolute Gasteiger partial charge is 0.324 e. The van der Waals surface area contributed by atoms with Crippen LogP contribution >= 0.6 is 0 Å². The van der Waals surface area contributed by atoms with Crippen LogP contribution in [-0.2, 0) is 9.84 Å². The Labute approximate surface area is 122 Å². The van der Waals surface area contributed by atoms with E-state index in [0.717, 1.165) is 19.3 Å². The van der Waals surface area contributed by atoms with Crippen LogP contribution < -0.4 is 5.73 Å². The average molecular weight is 295 g/mol. The van der Waals surface area contributed by atoms with Crippen molar-refractivity contribution in [1.29, 1.82) is 0 Å². The molecule has 3 atom stereocenters. The maximum atomic E-state index is 11.8. The number of benzene rings is 1. The van der Waals surface area contributed by atoms with Gasteiger partial charge < -0.3 is 5.73 Å². The molecule has 1 aromatic rings. The van der Waals surface area contributed by atoms with Gasteiger partial charge in [-0.3, -0.25) is 0 Å². The Morgan fingerprint density at radius 3 is 2.35 bits per heavy atom. The maximum absolute atomic E-state index is 11.8. The van der Waals surface area contributed by atoms with Crippen molar-refractivity contribution < 1.29 is 8.42 Å². The molecule has 4 heteroatoms. The minimum atomic E-state index is -2.95. The predicted molar refractivity (Wildman–Crippen MR) is 83.4 cm³/mol.